The van der Waals surface area contributed by atoms with E-state index in [0.29, 0.717) is 13.1 Å². The summed E-state index contributed by atoms with van der Waals surface area (Å²) in [7, 11) is 0. The fraction of sp³-hybridized carbons (Fsp3) is 0.400. The van der Waals surface area contributed by atoms with Gasteiger partial charge >= 0.3 is 12.0 Å². The van der Waals surface area contributed by atoms with Crippen LogP contribution in [0.5, 0.6) is 0 Å². The van der Waals surface area contributed by atoms with Crippen LogP contribution in [0.15, 0.2) is 30.5 Å². The van der Waals surface area contributed by atoms with Crippen LogP contribution in [-0.2, 0) is 4.79 Å². The Hall–Kier alpha value is -2.57. The van der Waals surface area contributed by atoms with Crippen molar-refractivity contribution >= 4 is 22.9 Å². The van der Waals surface area contributed by atoms with Gasteiger partial charge in [-0.05, 0) is 12.5 Å². The van der Waals surface area contributed by atoms with E-state index in [1.807, 2.05) is 35.1 Å². The minimum absolute atomic E-state index is 0.0627. The first-order valence-corrected chi connectivity index (χ1v) is 7.32. The summed E-state index contributed by atoms with van der Waals surface area (Å²) in [4.78, 5) is 24.2. The number of likely N-dealkylation sites (tertiary alicyclic amines) is 1. The largest absolute Gasteiger partial charge is 0.481 e. The number of aromatic nitrogens is 2. The number of fused-ring (bicyclic) bond motifs is 1. The predicted octanol–water partition coefficient (Wildman–Crippen LogP) is 1.47. The summed E-state index contributed by atoms with van der Waals surface area (Å²) in [6.45, 7) is 1.39. The number of amides is 2. The zero-order valence-corrected chi connectivity index (χ0v) is 12.1. The molecule has 2 aromatic rings. The molecule has 3 rings (SSSR count). The fourth-order valence-corrected chi connectivity index (χ4v) is 2.80. The van der Waals surface area contributed by atoms with Crippen LogP contribution in [0.4, 0.5) is 4.79 Å². The summed E-state index contributed by atoms with van der Waals surface area (Å²) in [6, 6.07) is 7.95. The molecule has 1 saturated heterocycles. The molecule has 2 amide bonds. The van der Waals surface area contributed by atoms with Gasteiger partial charge in [-0.25, -0.2) is 4.79 Å². The quantitative estimate of drug-likeness (QED) is 0.895. The molecule has 22 heavy (non-hydrogen) atoms. The SMILES string of the molecule is O=C(O)CCNC(=O)N1CCC(n2ncc3ccccc32)C1. The van der Waals surface area contributed by atoms with Gasteiger partial charge in [0.1, 0.15) is 0 Å². The van der Waals surface area contributed by atoms with Crippen LogP contribution in [0, 0.1) is 0 Å². The third kappa shape index (κ3) is 2.88. The molecule has 1 aromatic carbocycles. The summed E-state index contributed by atoms with van der Waals surface area (Å²) >= 11 is 0. The molecule has 0 bridgehead atoms. The monoisotopic (exact) mass is 302 g/mol. The van der Waals surface area contributed by atoms with Crippen molar-refractivity contribution in [3.8, 4) is 0 Å². The topological polar surface area (TPSA) is 87.5 Å². The summed E-state index contributed by atoms with van der Waals surface area (Å²) in [5.41, 5.74) is 1.07. The van der Waals surface area contributed by atoms with E-state index in [0.717, 1.165) is 17.3 Å². The molecule has 0 radical (unpaired) electrons. The molecular weight excluding hydrogens is 284 g/mol. The molecule has 1 unspecified atom stereocenters. The van der Waals surface area contributed by atoms with E-state index < -0.39 is 5.97 Å². The van der Waals surface area contributed by atoms with E-state index in [-0.39, 0.29) is 25.0 Å². The zero-order chi connectivity index (χ0) is 15.5. The van der Waals surface area contributed by atoms with Gasteiger partial charge in [0.05, 0.1) is 24.2 Å². The number of carbonyl (C=O) groups is 2. The maximum absolute atomic E-state index is 12.0. The maximum Gasteiger partial charge on any atom is 0.317 e. The van der Waals surface area contributed by atoms with Crippen molar-refractivity contribution in [1.29, 1.82) is 0 Å². The van der Waals surface area contributed by atoms with Gasteiger partial charge in [-0.1, -0.05) is 18.2 Å². The van der Waals surface area contributed by atoms with E-state index in [1.165, 1.54) is 0 Å². The minimum Gasteiger partial charge on any atom is -0.481 e. The van der Waals surface area contributed by atoms with Crippen molar-refractivity contribution in [3.63, 3.8) is 0 Å². The Morgan fingerprint density at radius 1 is 1.36 bits per heavy atom. The zero-order valence-electron chi connectivity index (χ0n) is 12.1. The first kappa shape index (κ1) is 14.4. The number of urea groups is 1. The van der Waals surface area contributed by atoms with E-state index >= 15 is 0 Å². The van der Waals surface area contributed by atoms with Crippen LogP contribution in [0.3, 0.4) is 0 Å². The standard InChI is InChI=1S/C15H18N4O3/c20-14(21)5-7-16-15(22)18-8-6-12(10-18)19-13-4-2-1-3-11(13)9-17-19/h1-4,9,12H,5-8,10H2,(H,16,22)(H,20,21). The van der Waals surface area contributed by atoms with E-state index in [9.17, 15) is 9.59 Å². The van der Waals surface area contributed by atoms with Crippen molar-refractivity contribution in [2.75, 3.05) is 19.6 Å². The number of carboxylic acids is 1. The van der Waals surface area contributed by atoms with E-state index in [1.54, 1.807) is 4.90 Å². The Bertz CT molecular complexity index is 697. The van der Waals surface area contributed by atoms with Crippen LogP contribution >= 0.6 is 0 Å². The molecule has 116 valence electrons. The van der Waals surface area contributed by atoms with Crippen molar-refractivity contribution in [3.05, 3.63) is 30.5 Å². The van der Waals surface area contributed by atoms with Crippen LogP contribution < -0.4 is 5.32 Å². The number of hydrogen-bond acceptors (Lipinski definition) is 3. The first-order valence-electron chi connectivity index (χ1n) is 7.32. The summed E-state index contributed by atoms with van der Waals surface area (Å²) in [6.07, 6.45) is 2.62. The Balaban J connectivity index is 1.62. The average molecular weight is 302 g/mol. The van der Waals surface area contributed by atoms with Gasteiger partial charge < -0.3 is 15.3 Å². The van der Waals surface area contributed by atoms with Gasteiger partial charge in [-0.2, -0.15) is 5.10 Å². The molecule has 1 fully saturated rings. The molecule has 2 N–H and O–H groups in total. The molecule has 2 heterocycles. The highest BCUT2D eigenvalue weighted by Crippen LogP contribution is 2.25. The minimum atomic E-state index is -0.914. The number of nitrogens with one attached hydrogen (secondary N) is 1. The molecule has 1 aliphatic heterocycles. The lowest BCUT2D eigenvalue weighted by Gasteiger charge is -2.17. The van der Waals surface area contributed by atoms with E-state index in [2.05, 4.69) is 10.4 Å². The lowest BCUT2D eigenvalue weighted by molar-refractivity contribution is -0.136. The van der Waals surface area contributed by atoms with Gasteiger partial charge in [-0.15, -0.1) is 0 Å². The lowest BCUT2D eigenvalue weighted by Crippen LogP contribution is -2.39. The fourth-order valence-electron chi connectivity index (χ4n) is 2.80. The Labute approximate surface area is 127 Å². The van der Waals surface area contributed by atoms with Gasteiger partial charge in [0, 0.05) is 25.0 Å². The first-order chi connectivity index (χ1) is 10.6. The molecule has 0 aliphatic carbocycles. The number of carboxylic acid groups (broad SMARTS) is 1. The van der Waals surface area contributed by atoms with Gasteiger partial charge in [-0.3, -0.25) is 9.48 Å². The van der Waals surface area contributed by atoms with Gasteiger partial charge in [0.15, 0.2) is 0 Å². The second-order valence-corrected chi connectivity index (χ2v) is 5.41. The normalized spacial score (nSPS) is 17.8. The third-order valence-electron chi connectivity index (χ3n) is 3.92. The van der Waals surface area contributed by atoms with Crippen molar-refractivity contribution < 1.29 is 14.7 Å². The Morgan fingerprint density at radius 2 is 2.18 bits per heavy atom. The second-order valence-electron chi connectivity index (χ2n) is 5.41. The lowest BCUT2D eigenvalue weighted by atomic mass is 10.2. The Morgan fingerprint density at radius 3 is 3.00 bits per heavy atom. The molecule has 7 heteroatoms. The van der Waals surface area contributed by atoms with E-state index in [4.69, 9.17) is 5.11 Å². The molecule has 1 atom stereocenters. The number of nitrogens with zero attached hydrogens (tertiary/aromatic N) is 3. The van der Waals surface area contributed by atoms with Crippen LogP contribution in [0.1, 0.15) is 18.9 Å². The second kappa shape index (κ2) is 6.05. The molecule has 0 spiro atoms. The number of benzene rings is 1. The maximum atomic E-state index is 12.0. The van der Waals surface area contributed by atoms with Gasteiger partial charge in [0.2, 0.25) is 0 Å². The van der Waals surface area contributed by atoms with Crippen molar-refractivity contribution in [1.82, 2.24) is 20.0 Å². The van der Waals surface area contributed by atoms with Crippen molar-refractivity contribution in [2.45, 2.75) is 18.9 Å². The summed E-state index contributed by atoms with van der Waals surface area (Å²) in [5, 5.41) is 16.7. The summed E-state index contributed by atoms with van der Waals surface area (Å²) in [5.74, 6) is -0.914. The average Bonchev–Trinajstić information content (AvgIpc) is 3.13. The number of aliphatic carboxylic acids is 1. The van der Waals surface area contributed by atoms with Gasteiger partial charge in [0.25, 0.3) is 0 Å². The summed E-state index contributed by atoms with van der Waals surface area (Å²) < 4.78 is 1.97. The number of hydrogen-bond donors (Lipinski definition) is 2. The number of rotatable bonds is 4. The molecular formula is C15H18N4O3. The highest BCUT2D eigenvalue weighted by atomic mass is 16.4. The highest BCUT2D eigenvalue weighted by Gasteiger charge is 2.28. The molecule has 7 nitrogen and oxygen atoms in total. The molecule has 0 saturated carbocycles. The molecule has 1 aliphatic rings. The predicted molar refractivity (Wildman–Crippen MR) is 80.6 cm³/mol. The third-order valence-corrected chi connectivity index (χ3v) is 3.92. The molecule has 1 aromatic heterocycles. The smallest absolute Gasteiger partial charge is 0.317 e. The van der Waals surface area contributed by atoms with Crippen molar-refractivity contribution in [2.24, 2.45) is 0 Å². The number of para-hydroxylation sites is 1. The van der Waals surface area contributed by atoms with Crippen LogP contribution in [0.25, 0.3) is 10.9 Å². The van der Waals surface area contributed by atoms with Crippen LogP contribution in [0.2, 0.25) is 0 Å². The highest BCUT2D eigenvalue weighted by molar-refractivity contribution is 5.79. The van der Waals surface area contributed by atoms with Crippen LogP contribution in [-0.4, -0.2) is 51.4 Å². The Kier molecular flexibility index (Phi) is 3.95. The number of carbonyl (C=O) groups excluding carboxylic acids is 1.